The monoisotopic (exact) mass is 393 g/mol. The topological polar surface area (TPSA) is 59.8 Å². The number of amides is 1. The van der Waals surface area contributed by atoms with Gasteiger partial charge in [-0.05, 0) is 23.8 Å². The number of ether oxygens (including phenoxy) is 1. The predicted molar refractivity (Wildman–Crippen MR) is 95.6 cm³/mol. The number of carbonyl (C=O) groups excluding carboxylic acids is 2. The molecule has 0 saturated carbocycles. The summed E-state index contributed by atoms with van der Waals surface area (Å²) in [5, 5.41) is 2.49. The van der Waals surface area contributed by atoms with E-state index in [1.165, 1.54) is 19.2 Å². The van der Waals surface area contributed by atoms with E-state index in [0.29, 0.717) is 17.9 Å². The van der Waals surface area contributed by atoms with Gasteiger partial charge in [-0.1, -0.05) is 30.3 Å². The first-order valence-electron chi connectivity index (χ1n) is 8.74. The number of methoxy groups -OCH3 is 1. The number of rotatable bonds is 4. The molecule has 2 aromatic carbocycles. The first kappa shape index (κ1) is 19.9. The molecule has 2 aromatic rings. The smallest absolute Gasteiger partial charge is 0.416 e. The minimum absolute atomic E-state index is 0.0613. The van der Waals surface area contributed by atoms with Gasteiger partial charge in [0.05, 0.1) is 12.7 Å². The predicted octanol–water partition coefficient (Wildman–Crippen LogP) is 1.83. The molecule has 8 heteroatoms. The lowest BCUT2D eigenvalue weighted by molar-refractivity contribution is -0.924. The molecule has 3 rings (SSSR count). The SMILES string of the molecule is COC(=O)[C@@H]1Cc2ccccc2C[NH+]1CC(=O)Nc1cccc(C(F)(F)F)c1. The van der Waals surface area contributed by atoms with Gasteiger partial charge < -0.3 is 15.0 Å². The van der Waals surface area contributed by atoms with Gasteiger partial charge in [-0.3, -0.25) is 4.79 Å². The quantitative estimate of drug-likeness (QED) is 0.780. The van der Waals surface area contributed by atoms with E-state index in [-0.39, 0.29) is 12.2 Å². The van der Waals surface area contributed by atoms with Gasteiger partial charge in [-0.15, -0.1) is 0 Å². The highest BCUT2D eigenvalue weighted by atomic mass is 19.4. The Morgan fingerprint density at radius 3 is 2.54 bits per heavy atom. The van der Waals surface area contributed by atoms with Crippen molar-refractivity contribution in [1.82, 2.24) is 0 Å². The third-order valence-corrected chi connectivity index (χ3v) is 4.80. The molecule has 0 aromatic heterocycles. The number of fused-ring (bicyclic) bond motifs is 1. The van der Waals surface area contributed by atoms with Crippen LogP contribution in [0.1, 0.15) is 16.7 Å². The van der Waals surface area contributed by atoms with Gasteiger partial charge in [-0.2, -0.15) is 13.2 Å². The molecule has 2 N–H and O–H groups in total. The van der Waals surface area contributed by atoms with Crippen molar-refractivity contribution in [3.05, 3.63) is 65.2 Å². The van der Waals surface area contributed by atoms with Crippen LogP contribution in [-0.2, 0) is 33.5 Å². The molecule has 5 nitrogen and oxygen atoms in total. The maximum Gasteiger partial charge on any atom is 0.416 e. The molecule has 28 heavy (non-hydrogen) atoms. The lowest BCUT2D eigenvalue weighted by Gasteiger charge is -2.31. The Morgan fingerprint density at radius 1 is 1.14 bits per heavy atom. The van der Waals surface area contributed by atoms with E-state index < -0.39 is 29.7 Å². The highest BCUT2D eigenvalue weighted by Gasteiger charge is 2.37. The number of halogens is 3. The normalized spacial score (nSPS) is 18.9. The zero-order chi connectivity index (χ0) is 20.3. The van der Waals surface area contributed by atoms with Gasteiger partial charge in [0.2, 0.25) is 0 Å². The van der Waals surface area contributed by atoms with Gasteiger partial charge in [0.15, 0.2) is 12.6 Å². The van der Waals surface area contributed by atoms with E-state index in [0.717, 1.165) is 23.3 Å². The zero-order valence-electron chi connectivity index (χ0n) is 15.2. The Hall–Kier alpha value is -2.87. The Kier molecular flexibility index (Phi) is 5.69. The Morgan fingerprint density at radius 2 is 1.86 bits per heavy atom. The molecule has 148 valence electrons. The summed E-state index contributed by atoms with van der Waals surface area (Å²) in [5.41, 5.74) is 1.28. The number of anilines is 1. The zero-order valence-corrected chi connectivity index (χ0v) is 15.2. The Labute approximate surface area is 160 Å². The Bertz CT molecular complexity index is 883. The largest absolute Gasteiger partial charge is 0.465 e. The fraction of sp³-hybridized carbons (Fsp3) is 0.300. The molecule has 0 radical (unpaired) electrons. The van der Waals surface area contributed by atoms with Gasteiger partial charge in [-0.25, -0.2) is 4.79 Å². The molecule has 0 bridgehead atoms. The Balaban J connectivity index is 1.74. The fourth-order valence-electron chi connectivity index (χ4n) is 3.42. The first-order chi connectivity index (χ1) is 13.3. The summed E-state index contributed by atoms with van der Waals surface area (Å²) in [6.07, 6.45) is -4.05. The molecule has 1 heterocycles. The van der Waals surface area contributed by atoms with Crippen molar-refractivity contribution in [2.24, 2.45) is 0 Å². The van der Waals surface area contributed by atoms with Crippen LogP contribution in [0.5, 0.6) is 0 Å². The summed E-state index contributed by atoms with van der Waals surface area (Å²) in [7, 11) is 1.29. The summed E-state index contributed by atoms with van der Waals surface area (Å²) in [4.78, 5) is 25.3. The van der Waals surface area contributed by atoms with Crippen LogP contribution >= 0.6 is 0 Å². The number of alkyl halides is 3. The van der Waals surface area contributed by atoms with Crippen molar-refractivity contribution in [1.29, 1.82) is 0 Å². The molecule has 0 aliphatic carbocycles. The van der Waals surface area contributed by atoms with Crippen molar-refractivity contribution >= 4 is 17.6 Å². The molecule has 1 aliphatic rings. The van der Waals surface area contributed by atoms with Crippen LogP contribution in [-0.4, -0.2) is 31.6 Å². The van der Waals surface area contributed by atoms with Crippen LogP contribution in [0, 0.1) is 0 Å². The van der Waals surface area contributed by atoms with Crippen molar-refractivity contribution in [2.75, 3.05) is 19.0 Å². The second-order valence-electron chi connectivity index (χ2n) is 6.69. The molecular formula is C20H20F3N2O3+. The van der Waals surface area contributed by atoms with Crippen molar-refractivity contribution in [3.63, 3.8) is 0 Å². The number of carbonyl (C=O) groups is 2. The third kappa shape index (κ3) is 4.51. The maximum atomic E-state index is 12.8. The number of quaternary nitrogens is 1. The van der Waals surface area contributed by atoms with Crippen molar-refractivity contribution < 1.29 is 32.4 Å². The molecular weight excluding hydrogens is 373 g/mol. The van der Waals surface area contributed by atoms with Crippen molar-refractivity contribution in [2.45, 2.75) is 25.2 Å². The third-order valence-electron chi connectivity index (χ3n) is 4.80. The molecule has 0 spiro atoms. The average Bonchev–Trinajstić information content (AvgIpc) is 2.66. The summed E-state index contributed by atoms with van der Waals surface area (Å²) in [6.45, 7) is 0.385. The summed E-state index contributed by atoms with van der Waals surface area (Å²) < 4.78 is 43.4. The molecule has 0 fully saturated rings. The van der Waals surface area contributed by atoms with E-state index in [4.69, 9.17) is 4.74 Å². The number of esters is 1. The molecule has 1 aliphatic heterocycles. The van der Waals surface area contributed by atoms with Crippen LogP contribution in [0.3, 0.4) is 0 Å². The fourth-order valence-corrected chi connectivity index (χ4v) is 3.42. The van der Waals surface area contributed by atoms with Crippen LogP contribution in [0.25, 0.3) is 0 Å². The maximum absolute atomic E-state index is 12.8. The van der Waals surface area contributed by atoms with Gasteiger partial charge in [0, 0.05) is 17.7 Å². The molecule has 0 saturated heterocycles. The first-order valence-corrected chi connectivity index (χ1v) is 8.74. The number of hydrogen-bond acceptors (Lipinski definition) is 3. The summed E-state index contributed by atoms with van der Waals surface area (Å²) >= 11 is 0. The second-order valence-corrected chi connectivity index (χ2v) is 6.69. The number of benzene rings is 2. The molecule has 2 atom stereocenters. The summed E-state index contributed by atoms with van der Waals surface area (Å²) in [5.74, 6) is -0.890. The number of nitrogens with one attached hydrogen (secondary N) is 2. The van der Waals surface area contributed by atoms with E-state index in [9.17, 15) is 22.8 Å². The minimum atomic E-state index is -4.49. The van der Waals surface area contributed by atoms with E-state index >= 15 is 0 Å². The highest BCUT2D eigenvalue weighted by Crippen LogP contribution is 2.30. The van der Waals surface area contributed by atoms with E-state index in [1.807, 2.05) is 24.3 Å². The van der Waals surface area contributed by atoms with Crippen LogP contribution in [0.15, 0.2) is 48.5 Å². The lowest BCUT2D eigenvalue weighted by Crippen LogP contribution is -3.17. The van der Waals surface area contributed by atoms with E-state index in [1.54, 1.807) is 0 Å². The van der Waals surface area contributed by atoms with Gasteiger partial charge >= 0.3 is 12.1 Å². The van der Waals surface area contributed by atoms with Crippen molar-refractivity contribution in [3.8, 4) is 0 Å². The van der Waals surface area contributed by atoms with Gasteiger partial charge in [0.25, 0.3) is 5.91 Å². The average molecular weight is 393 g/mol. The lowest BCUT2D eigenvalue weighted by atomic mass is 9.94. The van der Waals surface area contributed by atoms with E-state index in [2.05, 4.69) is 5.32 Å². The minimum Gasteiger partial charge on any atom is -0.465 e. The summed E-state index contributed by atoms with van der Waals surface area (Å²) in [6, 6.07) is 11.6. The number of hydrogen-bond donors (Lipinski definition) is 2. The second kappa shape index (κ2) is 8.02. The molecule has 1 amide bonds. The molecule has 1 unspecified atom stereocenters. The van der Waals surface area contributed by atoms with Gasteiger partial charge in [0.1, 0.15) is 6.54 Å². The van der Waals surface area contributed by atoms with Crippen LogP contribution in [0.4, 0.5) is 18.9 Å². The van der Waals surface area contributed by atoms with Crippen LogP contribution in [0.2, 0.25) is 0 Å². The van der Waals surface area contributed by atoms with Crippen LogP contribution < -0.4 is 10.2 Å². The highest BCUT2D eigenvalue weighted by molar-refractivity contribution is 5.91. The standard InChI is InChI=1S/C20H19F3N2O3/c1-28-19(27)17-9-13-5-2-3-6-14(13)11-25(17)12-18(26)24-16-8-4-7-15(10-16)20(21,22)23/h2-8,10,17H,9,11-12H2,1H3,(H,24,26)/p+1/t17-/m0/s1.